The maximum absolute atomic E-state index is 12.8. The number of allylic oxidation sites excluding steroid dienone is 10. The predicted octanol–water partition coefficient (Wildman–Crippen LogP) is 12.1. The molecule has 0 aromatic rings. The van der Waals surface area contributed by atoms with Crippen LogP contribution in [-0.4, -0.2) is 59.3 Å². The zero-order valence-electron chi connectivity index (χ0n) is 37.5. The van der Waals surface area contributed by atoms with Crippen molar-refractivity contribution in [3.05, 3.63) is 60.8 Å². The average Bonchev–Trinajstić information content (AvgIpc) is 3.22. The molecule has 2 atom stereocenters. The Balaban J connectivity index is 4.39. The van der Waals surface area contributed by atoms with Crippen molar-refractivity contribution < 1.29 is 34.1 Å². The second-order valence-electron chi connectivity index (χ2n) is 15.8. The quantitative estimate of drug-likeness (QED) is 0.0273. The summed E-state index contributed by atoms with van der Waals surface area (Å²) in [6, 6.07) is -1.39. The van der Waals surface area contributed by atoms with Crippen LogP contribution in [0.4, 0.5) is 0 Å². The summed E-state index contributed by atoms with van der Waals surface area (Å²) >= 11 is 0. The number of aliphatic hydroxyl groups excluding tert-OH is 1. The van der Waals surface area contributed by atoms with E-state index >= 15 is 0 Å². The van der Waals surface area contributed by atoms with E-state index < -0.39 is 24.5 Å². The molecule has 0 heterocycles. The maximum atomic E-state index is 12.8. The van der Waals surface area contributed by atoms with Crippen LogP contribution in [0.2, 0.25) is 0 Å². The Hall–Kier alpha value is -3.46. The van der Waals surface area contributed by atoms with Crippen molar-refractivity contribution in [2.24, 2.45) is 0 Å². The van der Waals surface area contributed by atoms with E-state index in [1.807, 2.05) is 0 Å². The van der Waals surface area contributed by atoms with Gasteiger partial charge in [-0.25, -0.2) is 4.79 Å². The van der Waals surface area contributed by atoms with Crippen LogP contribution in [0, 0.1) is 0 Å². The van der Waals surface area contributed by atoms with E-state index in [-0.39, 0.29) is 30.9 Å². The predicted molar refractivity (Wildman–Crippen MR) is 245 cm³/mol. The van der Waals surface area contributed by atoms with Gasteiger partial charge in [0, 0.05) is 12.8 Å². The van der Waals surface area contributed by atoms with Crippen molar-refractivity contribution >= 4 is 23.8 Å². The van der Waals surface area contributed by atoms with E-state index in [9.17, 15) is 19.2 Å². The molecule has 4 N–H and O–H groups in total. The molecule has 0 radical (unpaired) electrons. The maximum Gasteiger partial charge on any atom is 0.328 e. The standard InChI is InChI=1S/C50H86N2O7/c1-3-5-7-9-11-13-15-17-18-19-20-21-23-25-27-29-34-38-42-49(56)59-45(39-35-31-28-26-24-22-16-14-12-10-8-6-4-2)40-36-32-30-33-37-41-47(54)51-43-48(55)52-46(44-53)50(57)58/h6,8,12,14,18-19,22,24,28,31,45-46,53H,3-5,7,9-11,13,15-17,20-21,23,25-27,29-30,32-44H2,1-2H3,(H,51,54)(H,52,55)(H,57,58)/b8-6-,14-12-,19-18-,24-22-,31-28-. The Labute approximate surface area is 360 Å². The largest absolute Gasteiger partial charge is 0.480 e. The Morgan fingerprint density at radius 1 is 0.525 bits per heavy atom. The number of aliphatic hydroxyl groups is 1. The Kier molecular flexibility index (Phi) is 41.5. The lowest BCUT2D eigenvalue weighted by atomic mass is 10.0. The summed E-state index contributed by atoms with van der Waals surface area (Å²) < 4.78 is 6.00. The Morgan fingerprint density at radius 2 is 1.00 bits per heavy atom. The van der Waals surface area contributed by atoms with Crippen LogP contribution in [0.1, 0.15) is 206 Å². The molecule has 0 aromatic heterocycles. The highest BCUT2D eigenvalue weighted by atomic mass is 16.5. The number of unbranched alkanes of at least 4 members (excludes halogenated alkanes) is 18. The van der Waals surface area contributed by atoms with E-state index in [0.29, 0.717) is 12.8 Å². The topological polar surface area (TPSA) is 142 Å². The van der Waals surface area contributed by atoms with E-state index in [1.54, 1.807) is 0 Å². The van der Waals surface area contributed by atoms with Crippen molar-refractivity contribution in [2.45, 2.75) is 219 Å². The van der Waals surface area contributed by atoms with Crippen LogP contribution < -0.4 is 10.6 Å². The number of rotatable bonds is 42. The lowest BCUT2D eigenvalue weighted by Gasteiger charge is -2.17. The third kappa shape index (κ3) is 41.1. The van der Waals surface area contributed by atoms with Gasteiger partial charge in [-0.2, -0.15) is 0 Å². The molecule has 2 unspecified atom stereocenters. The van der Waals surface area contributed by atoms with Crippen molar-refractivity contribution in [1.82, 2.24) is 10.6 Å². The minimum absolute atomic E-state index is 0.0852. The number of esters is 1. The smallest absolute Gasteiger partial charge is 0.328 e. The van der Waals surface area contributed by atoms with Gasteiger partial charge in [0.25, 0.3) is 0 Å². The highest BCUT2D eigenvalue weighted by Gasteiger charge is 2.19. The van der Waals surface area contributed by atoms with E-state index in [2.05, 4.69) is 85.2 Å². The molecule has 2 amide bonds. The Morgan fingerprint density at radius 3 is 1.54 bits per heavy atom. The molecule has 9 nitrogen and oxygen atoms in total. The number of carbonyl (C=O) groups excluding carboxylic acids is 3. The zero-order chi connectivity index (χ0) is 43.3. The molecule has 338 valence electrons. The van der Waals surface area contributed by atoms with Crippen LogP contribution in [-0.2, 0) is 23.9 Å². The second-order valence-corrected chi connectivity index (χ2v) is 15.8. The number of amides is 2. The molecule has 0 aliphatic carbocycles. The van der Waals surface area contributed by atoms with Gasteiger partial charge in [-0.05, 0) is 89.9 Å². The molecule has 0 aliphatic heterocycles. The summed E-state index contributed by atoms with van der Waals surface area (Å²) in [5.74, 6) is -2.35. The number of hydrogen-bond donors (Lipinski definition) is 4. The van der Waals surface area contributed by atoms with Crippen molar-refractivity contribution in [2.75, 3.05) is 13.2 Å². The summed E-state index contributed by atoms with van der Waals surface area (Å²) in [5.41, 5.74) is 0. The molecule has 0 fully saturated rings. The number of carboxylic acid groups (broad SMARTS) is 1. The Bertz CT molecular complexity index is 1180. The second kappa shape index (κ2) is 44.1. The highest BCUT2D eigenvalue weighted by molar-refractivity contribution is 5.87. The lowest BCUT2D eigenvalue weighted by Crippen LogP contribution is -2.47. The number of aliphatic carboxylic acids is 1. The normalized spacial score (nSPS) is 13.0. The summed E-state index contributed by atoms with van der Waals surface area (Å²) in [4.78, 5) is 47.7. The minimum Gasteiger partial charge on any atom is -0.480 e. The molecule has 9 heteroatoms. The van der Waals surface area contributed by atoms with Crippen LogP contribution in [0.15, 0.2) is 60.8 Å². The highest BCUT2D eigenvalue weighted by Crippen LogP contribution is 2.17. The van der Waals surface area contributed by atoms with Crippen LogP contribution in [0.3, 0.4) is 0 Å². The van der Waals surface area contributed by atoms with Gasteiger partial charge in [-0.1, -0.05) is 164 Å². The van der Waals surface area contributed by atoms with E-state index in [4.69, 9.17) is 14.9 Å². The average molecular weight is 827 g/mol. The molecular formula is C50H86N2O7. The number of carboxylic acids is 1. The van der Waals surface area contributed by atoms with E-state index in [1.165, 1.54) is 89.9 Å². The third-order valence-corrected chi connectivity index (χ3v) is 10.3. The van der Waals surface area contributed by atoms with Crippen molar-refractivity contribution in [1.29, 1.82) is 0 Å². The van der Waals surface area contributed by atoms with Gasteiger partial charge in [-0.15, -0.1) is 0 Å². The summed E-state index contributed by atoms with van der Waals surface area (Å²) in [7, 11) is 0. The van der Waals surface area contributed by atoms with Crippen molar-refractivity contribution in [3.63, 3.8) is 0 Å². The molecular weight excluding hydrogens is 741 g/mol. The summed E-state index contributed by atoms with van der Waals surface area (Å²) in [6.07, 6.45) is 54.0. The fraction of sp³-hybridized carbons (Fsp3) is 0.720. The van der Waals surface area contributed by atoms with Crippen LogP contribution >= 0.6 is 0 Å². The van der Waals surface area contributed by atoms with Crippen LogP contribution in [0.25, 0.3) is 0 Å². The molecule has 0 rings (SSSR count). The third-order valence-electron chi connectivity index (χ3n) is 10.3. The SMILES string of the molecule is CC/C=C\C/C=C\C/C=C\C/C=C\CCC(CCCCCCCC(=O)NCC(=O)NC(CO)C(=O)O)OC(=O)CCCCCCCCC/C=C\CCCCCCCCC. The molecule has 0 saturated carbocycles. The van der Waals surface area contributed by atoms with Gasteiger partial charge in [0.05, 0.1) is 13.2 Å². The number of hydrogen-bond acceptors (Lipinski definition) is 6. The van der Waals surface area contributed by atoms with Gasteiger partial charge >= 0.3 is 11.9 Å². The summed E-state index contributed by atoms with van der Waals surface area (Å²) in [6.45, 7) is 3.36. The first-order chi connectivity index (χ1) is 28.8. The van der Waals surface area contributed by atoms with Gasteiger partial charge in [0.2, 0.25) is 11.8 Å². The monoisotopic (exact) mass is 827 g/mol. The first-order valence-corrected chi connectivity index (χ1v) is 23.7. The molecule has 0 aromatic carbocycles. The first-order valence-electron chi connectivity index (χ1n) is 23.7. The lowest BCUT2D eigenvalue weighted by molar-refractivity contribution is -0.150. The van der Waals surface area contributed by atoms with Crippen molar-refractivity contribution in [3.8, 4) is 0 Å². The molecule has 0 spiro atoms. The molecule has 0 aliphatic rings. The van der Waals surface area contributed by atoms with Gasteiger partial charge < -0.3 is 25.6 Å². The number of carbonyl (C=O) groups is 4. The number of nitrogens with one attached hydrogen (secondary N) is 2. The number of ether oxygens (including phenoxy) is 1. The van der Waals surface area contributed by atoms with Gasteiger partial charge in [0.1, 0.15) is 12.1 Å². The van der Waals surface area contributed by atoms with Gasteiger partial charge in [-0.3, -0.25) is 14.4 Å². The van der Waals surface area contributed by atoms with Crippen LogP contribution in [0.5, 0.6) is 0 Å². The summed E-state index contributed by atoms with van der Waals surface area (Å²) in [5, 5.41) is 22.6. The first kappa shape index (κ1) is 55.5. The molecule has 0 saturated heterocycles. The molecule has 0 bridgehead atoms. The minimum atomic E-state index is -1.39. The van der Waals surface area contributed by atoms with Gasteiger partial charge in [0.15, 0.2) is 0 Å². The molecule has 59 heavy (non-hydrogen) atoms. The fourth-order valence-corrected chi connectivity index (χ4v) is 6.64. The zero-order valence-corrected chi connectivity index (χ0v) is 37.5. The fourth-order valence-electron chi connectivity index (χ4n) is 6.64. The van der Waals surface area contributed by atoms with E-state index in [0.717, 1.165) is 83.5 Å².